The van der Waals surface area contributed by atoms with E-state index in [0.29, 0.717) is 12.6 Å². The Labute approximate surface area is 72.5 Å². The Kier molecular flexibility index (Phi) is 3.25. The molecule has 0 aliphatic rings. The van der Waals surface area contributed by atoms with Gasteiger partial charge in [-0.1, -0.05) is 0 Å². The molecular formula is C8H16N4. The quantitative estimate of drug-likeness (QED) is 0.599. The van der Waals surface area contributed by atoms with Crippen molar-refractivity contribution in [3.63, 3.8) is 0 Å². The number of nitrogens with one attached hydrogen (secondary N) is 2. The van der Waals surface area contributed by atoms with Crippen molar-refractivity contribution in [1.29, 1.82) is 0 Å². The molecule has 0 amide bonds. The molecule has 1 atom stereocenters. The minimum absolute atomic E-state index is 0.360. The fourth-order valence-electron chi connectivity index (χ4n) is 0.921. The number of H-pyrrole nitrogens is 1. The fraction of sp³-hybridized carbons (Fsp3) is 0.625. The van der Waals surface area contributed by atoms with E-state index in [0.717, 1.165) is 12.2 Å². The van der Waals surface area contributed by atoms with Crippen LogP contribution in [0.25, 0.3) is 0 Å². The molecule has 68 valence electrons. The molecule has 1 aromatic heterocycles. The third-order valence-electron chi connectivity index (χ3n) is 1.93. The van der Waals surface area contributed by atoms with Crippen molar-refractivity contribution in [2.45, 2.75) is 26.4 Å². The maximum absolute atomic E-state index is 5.46. The molecule has 0 spiro atoms. The highest BCUT2D eigenvalue weighted by atomic mass is 15.1. The van der Waals surface area contributed by atoms with Crippen molar-refractivity contribution in [1.82, 2.24) is 15.5 Å². The molecule has 0 bridgehead atoms. The number of hydrogen-bond acceptors (Lipinski definition) is 3. The lowest BCUT2D eigenvalue weighted by Crippen LogP contribution is -2.32. The summed E-state index contributed by atoms with van der Waals surface area (Å²) >= 11 is 0. The largest absolute Gasteiger partial charge is 0.329 e. The van der Waals surface area contributed by atoms with E-state index in [1.807, 2.05) is 13.1 Å². The first-order valence-electron chi connectivity index (χ1n) is 4.16. The number of aromatic amines is 1. The van der Waals surface area contributed by atoms with E-state index < -0.39 is 0 Å². The SMILES string of the molecule is Cc1[nH]ncc1CNC(C)CN. The van der Waals surface area contributed by atoms with Crippen molar-refractivity contribution in [2.75, 3.05) is 6.54 Å². The van der Waals surface area contributed by atoms with Crippen LogP contribution in [-0.4, -0.2) is 22.8 Å². The van der Waals surface area contributed by atoms with Crippen LogP contribution in [0.2, 0.25) is 0 Å². The molecule has 0 saturated carbocycles. The lowest BCUT2D eigenvalue weighted by Gasteiger charge is -2.09. The fourth-order valence-corrected chi connectivity index (χ4v) is 0.921. The van der Waals surface area contributed by atoms with Crippen LogP contribution in [0.15, 0.2) is 6.20 Å². The third kappa shape index (κ3) is 2.32. The Balaban J connectivity index is 2.38. The molecule has 4 nitrogen and oxygen atoms in total. The van der Waals surface area contributed by atoms with Crippen molar-refractivity contribution in [3.8, 4) is 0 Å². The van der Waals surface area contributed by atoms with Crippen LogP contribution in [0.4, 0.5) is 0 Å². The average molecular weight is 168 g/mol. The highest BCUT2D eigenvalue weighted by Gasteiger charge is 2.01. The minimum Gasteiger partial charge on any atom is -0.329 e. The first kappa shape index (κ1) is 9.22. The zero-order valence-electron chi connectivity index (χ0n) is 7.59. The van der Waals surface area contributed by atoms with Gasteiger partial charge in [-0.15, -0.1) is 0 Å². The molecule has 1 rings (SSSR count). The summed E-state index contributed by atoms with van der Waals surface area (Å²) in [6.45, 7) is 5.57. The maximum atomic E-state index is 5.46. The summed E-state index contributed by atoms with van der Waals surface area (Å²) in [6.07, 6.45) is 1.84. The Morgan fingerprint density at radius 1 is 1.75 bits per heavy atom. The van der Waals surface area contributed by atoms with Gasteiger partial charge in [-0.05, 0) is 13.8 Å². The number of nitrogens with two attached hydrogens (primary N) is 1. The second-order valence-electron chi connectivity index (χ2n) is 3.04. The maximum Gasteiger partial charge on any atom is 0.0535 e. The molecule has 0 aromatic carbocycles. The molecule has 12 heavy (non-hydrogen) atoms. The smallest absolute Gasteiger partial charge is 0.0535 e. The van der Waals surface area contributed by atoms with Crippen LogP contribution in [0.1, 0.15) is 18.2 Å². The van der Waals surface area contributed by atoms with Gasteiger partial charge in [0.25, 0.3) is 0 Å². The Bertz CT molecular complexity index is 231. The summed E-state index contributed by atoms with van der Waals surface area (Å²) in [6, 6.07) is 0.360. The van der Waals surface area contributed by atoms with Crippen LogP contribution in [0.3, 0.4) is 0 Å². The zero-order chi connectivity index (χ0) is 8.97. The van der Waals surface area contributed by atoms with E-state index in [1.165, 1.54) is 5.56 Å². The van der Waals surface area contributed by atoms with Crippen LogP contribution >= 0.6 is 0 Å². The van der Waals surface area contributed by atoms with Crippen molar-refractivity contribution in [3.05, 3.63) is 17.5 Å². The number of hydrogen-bond donors (Lipinski definition) is 3. The second-order valence-corrected chi connectivity index (χ2v) is 3.04. The van der Waals surface area contributed by atoms with Crippen LogP contribution in [-0.2, 0) is 6.54 Å². The number of nitrogens with zero attached hydrogens (tertiary/aromatic N) is 1. The molecule has 1 aromatic rings. The monoisotopic (exact) mass is 168 g/mol. The van der Waals surface area contributed by atoms with E-state index in [2.05, 4.69) is 22.4 Å². The number of rotatable bonds is 4. The lowest BCUT2D eigenvalue weighted by atomic mass is 10.2. The van der Waals surface area contributed by atoms with Gasteiger partial charge < -0.3 is 11.1 Å². The van der Waals surface area contributed by atoms with Gasteiger partial charge in [-0.2, -0.15) is 5.10 Å². The Morgan fingerprint density at radius 2 is 2.50 bits per heavy atom. The molecule has 4 heteroatoms. The summed E-state index contributed by atoms with van der Waals surface area (Å²) in [7, 11) is 0. The molecule has 4 N–H and O–H groups in total. The molecule has 1 heterocycles. The van der Waals surface area contributed by atoms with Gasteiger partial charge in [0.1, 0.15) is 0 Å². The van der Waals surface area contributed by atoms with Gasteiger partial charge in [-0.25, -0.2) is 0 Å². The van der Waals surface area contributed by atoms with Crippen LogP contribution in [0.5, 0.6) is 0 Å². The van der Waals surface area contributed by atoms with Crippen LogP contribution < -0.4 is 11.1 Å². The summed E-state index contributed by atoms with van der Waals surface area (Å²) in [4.78, 5) is 0. The summed E-state index contributed by atoms with van der Waals surface area (Å²) in [5.41, 5.74) is 7.78. The predicted octanol–water partition coefficient (Wildman–Crippen LogP) is 0.155. The average Bonchev–Trinajstić information content (AvgIpc) is 2.47. The summed E-state index contributed by atoms with van der Waals surface area (Å²) in [5.74, 6) is 0. The molecule has 0 aliphatic carbocycles. The van der Waals surface area contributed by atoms with Crippen LogP contribution in [0, 0.1) is 6.92 Å². The van der Waals surface area contributed by atoms with E-state index in [9.17, 15) is 0 Å². The summed E-state index contributed by atoms with van der Waals surface area (Å²) in [5, 5.41) is 10.1. The van der Waals surface area contributed by atoms with E-state index >= 15 is 0 Å². The molecule has 0 aliphatic heterocycles. The van der Waals surface area contributed by atoms with Crippen molar-refractivity contribution in [2.24, 2.45) is 5.73 Å². The Morgan fingerprint density at radius 3 is 3.00 bits per heavy atom. The third-order valence-corrected chi connectivity index (χ3v) is 1.93. The van der Waals surface area contributed by atoms with Gasteiger partial charge >= 0.3 is 0 Å². The van der Waals surface area contributed by atoms with Gasteiger partial charge in [0.05, 0.1) is 6.20 Å². The highest BCUT2D eigenvalue weighted by Crippen LogP contribution is 2.01. The predicted molar refractivity (Wildman–Crippen MR) is 48.7 cm³/mol. The topological polar surface area (TPSA) is 66.7 Å². The molecule has 0 fully saturated rings. The van der Waals surface area contributed by atoms with Gasteiger partial charge in [-0.3, -0.25) is 5.10 Å². The molecule has 0 saturated heterocycles. The molecule has 1 unspecified atom stereocenters. The standard InChI is InChI=1S/C8H16N4/c1-6(3-9)10-4-8-5-11-12-7(8)2/h5-6,10H,3-4,9H2,1-2H3,(H,11,12). The number of aromatic nitrogens is 2. The van der Waals surface area contributed by atoms with E-state index in [-0.39, 0.29) is 0 Å². The molecule has 0 radical (unpaired) electrons. The normalized spacial score (nSPS) is 13.2. The highest BCUT2D eigenvalue weighted by molar-refractivity contribution is 5.13. The summed E-state index contributed by atoms with van der Waals surface area (Å²) < 4.78 is 0. The van der Waals surface area contributed by atoms with Gasteiger partial charge in [0.15, 0.2) is 0 Å². The van der Waals surface area contributed by atoms with Gasteiger partial charge in [0.2, 0.25) is 0 Å². The molecular weight excluding hydrogens is 152 g/mol. The van der Waals surface area contributed by atoms with Crippen molar-refractivity contribution < 1.29 is 0 Å². The first-order chi connectivity index (χ1) is 5.74. The minimum atomic E-state index is 0.360. The van der Waals surface area contributed by atoms with Gasteiger partial charge in [0, 0.05) is 30.4 Å². The van der Waals surface area contributed by atoms with E-state index in [1.54, 1.807) is 0 Å². The zero-order valence-corrected chi connectivity index (χ0v) is 7.59. The number of aryl methyl sites for hydroxylation is 1. The lowest BCUT2D eigenvalue weighted by molar-refractivity contribution is 0.555. The van der Waals surface area contributed by atoms with E-state index in [4.69, 9.17) is 5.73 Å². The first-order valence-corrected chi connectivity index (χ1v) is 4.16. The van der Waals surface area contributed by atoms with Crippen molar-refractivity contribution >= 4 is 0 Å². The Hall–Kier alpha value is -0.870. The second kappa shape index (κ2) is 4.23.